The molecule has 0 aliphatic carbocycles. The molecule has 2 N–H and O–H groups in total. The molecule has 0 amide bonds. The van der Waals surface area contributed by atoms with Gasteiger partial charge in [0.15, 0.2) is 16.5 Å². The minimum atomic E-state index is -0.541. The van der Waals surface area contributed by atoms with Crippen molar-refractivity contribution in [2.24, 2.45) is 0 Å². The van der Waals surface area contributed by atoms with Crippen LogP contribution in [0, 0.1) is 16.5 Å². The Morgan fingerprint density at radius 2 is 2.09 bits per heavy atom. The monoisotopic (exact) mass is 508 g/mol. The van der Waals surface area contributed by atoms with Crippen LogP contribution in [-0.4, -0.2) is 18.3 Å². The number of aldehydes is 1. The average molecular weight is 509 g/mol. The highest BCUT2D eigenvalue weighted by Crippen LogP contribution is 2.30. The van der Waals surface area contributed by atoms with Crippen molar-refractivity contribution < 1.29 is 9.18 Å². The van der Waals surface area contributed by atoms with Crippen LogP contribution in [0.3, 0.4) is 0 Å². The maximum Gasteiger partial charge on any atom is 0.198 e. The topological polar surface area (TPSA) is 77.8 Å². The molecule has 0 aliphatic heterocycles. The minimum Gasteiger partial charge on any atom is -0.316 e. The highest BCUT2D eigenvalue weighted by molar-refractivity contribution is 8.00. The van der Waals surface area contributed by atoms with Gasteiger partial charge in [0.1, 0.15) is 0 Å². The number of nitrogens with zero attached hydrogens (tertiary/aromatic N) is 2. The van der Waals surface area contributed by atoms with Crippen LogP contribution in [0.4, 0.5) is 9.52 Å². The van der Waals surface area contributed by atoms with E-state index in [9.17, 15) is 9.18 Å². The molecule has 0 radical (unpaired) electrons. The third-order valence-electron chi connectivity index (χ3n) is 4.28. The lowest BCUT2D eigenvalue weighted by atomic mass is 9.85. The first kappa shape index (κ1) is 26.2. The molecule has 0 fully saturated rings. The van der Waals surface area contributed by atoms with E-state index < -0.39 is 5.41 Å². The number of halogens is 2. The normalized spacial score (nSPS) is 10.7. The van der Waals surface area contributed by atoms with Crippen LogP contribution in [0.1, 0.15) is 35.3 Å². The van der Waals surface area contributed by atoms with Gasteiger partial charge in [-0.1, -0.05) is 35.1 Å². The SMILES string of the molecule is CNCc1ccc(Cl)c(C(C)(C)C#N)c1.O=Cc1ccc(SNc2ncc(F)s2)cc1P. The molecule has 10 heteroatoms. The lowest BCUT2D eigenvalue weighted by Gasteiger charge is -2.18. The van der Waals surface area contributed by atoms with E-state index in [1.165, 1.54) is 18.1 Å². The maximum atomic E-state index is 12.7. The van der Waals surface area contributed by atoms with E-state index in [0.29, 0.717) is 15.7 Å². The Labute approximate surface area is 203 Å². The standard InChI is InChI=1S/C12H15ClN2.C10H8FN2OPS2/c1-12(2,8-14)10-6-9(7-15-3)4-5-11(10)13;11-9-4-12-10(16-9)13-17-7-2-1-6(5-14)8(15)3-7/h4-6,15H,7H2,1-3H3;1-5H,15H2,(H,12,13). The van der Waals surface area contributed by atoms with Crippen LogP contribution in [0.15, 0.2) is 47.5 Å². The number of thiazole rings is 1. The number of carbonyl (C=O) groups excluding carboxylic acids is 1. The second-order valence-electron chi connectivity index (χ2n) is 7.16. The summed E-state index contributed by atoms with van der Waals surface area (Å²) in [7, 11) is 4.40. The van der Waals surface area contributed by atoms with Gasteiger partial charge in [-0.25, -0.2) is 4.98 Å². The summed E-state index contributed by atoms with van der Waals surface area (Å²) < 4.78 is 15.6. The van der Waals surface area contributed by atoms with Crippen LogP contribution in [0.2, 0.25) is 5.02 Å². The first-order valence-electron chi connectivity index (χ1n) is 9.43. The van der Waals surface area contributed by atoms with Crippen molar-refractivity contribution in [3.63, 3.8) is 0 Å². The van der Waals surface area contributed by atoms with Crippen LogP contribution in [0.5, 0.6) is 0 Å². The number of hydrogen-bond acceptors (Lipinski definition) is 7. The first-order valence-corrected chi connectivity index (χ1v) is 12.0. The molecule has 0 aliphatic rings. The van der Waals surface area contributed by atoms with E-state index in [0.717, 1.165) is 45.5 Å². The molecule has 1 unspecified atom stereocenters. The summed E-state index contributed by atoms with van der Waals surface area (Å²) in [4.78, 5) is 15.4. The average Bonchev–Trinajstić information content (AvgIpc) is 3.19. The van der Waals surface area contributed by atoms with Crippen molar-refractivity contribution in [3.05, 3.63) is 69.4 Å². The highest BCUT2D eigenvalue weighted by atomic mass is 35.5. The van der Waals surface area contributed by atoms with Gasteiger partial charge in [-0.3, -0.25) is 4.79 Å². The van der Waals surface area contributed by atoms with Gasteiger partial charge in [0, 0.05) is 22.0 Å². The van der Waals surface area contributed by atoms with E-state index in [1.807, 2.05) is 51.2 Å². The first-order chi connectivity index (χ1) is 15.2. The Balaban J connectivity index is 0.000000229. The number of aromatic nitrogens is 1. The fourth-order valence-corrected chi connectivity index (χ4v) is 4.64. The largest absolute Gasteiger partial charge is 0.316 e. The molecule has 0 bridgehead atoms. The molecule has 32 heavy (non-hydrogen) atoms. The van der Waals surface area contributed by atoms with Gasteiger partial charge in [-0.05, 0) is 73.5 Å². The molecule has 0 saturated heterocycles. The smallest absolute Gasteiger partial charge is 0.198 e. The number of benzene rings is 2. The summed E-state index contributed by atoms with van der Waals surface area (Å²) in [5.41, 5.74) is 2.13. The zero-order chi connectivity index (χ0) is 23.7. The predicted octanol–water partition coefficient (Wildman–Crippen LogP) is 5.57. The minimum absolute atomic E-state index is 0.323. The zero-order valence-corrected chi connectivity index (χ0v) is 21.3. The van der Waals surface area contributed by atoms with Crippen LogP contribution < -0.4 is 15.3 Å². The van der Waals surface area contributed by atoms with Gasteiger partial charge in [-0.2, -0.15) is 9.65 Å². The van der Waals surface area contributed by atoms with Crippen LogP contribution in [-0.2, 0) is 12.0 Å². The molecular formula is C22H23ClFN4OPS2. The van der Waals surface area contributed by atoms with E-state index in [4.69, 9.17) is 16.9 Å². The van der Waals surface area contributed by atoms with Gasteiger partial charge in [-0.15, -0.1) is 9.24 Å². The Morgan fingerprint density at radius 3 is 2.66 bits per heavy atom. The number of hydrogen-bond donors (Lipinski definition) is 2. The zero-order valence-electron chi connectivity index (χ0n) is 17.8. The molecule has 0 saturated carbocycles. The summed E-state index contributed by atoms with van der Waals surface area (Å²) >= 11 is 8.36. The Bertz CT molecular complexity index is 1120. The maximum absolute atomic E-state index is 12.7. The van der Waals surface area contributed by atoms with E-state index in [-0.39, 0.29) is 5.13 Å². The molecule has 3 aromatic rings. The van der Waals surface area contributed by atoms with Crippen molar-refractivity contribution in [3.8, 4) is 6.07 Å². The van der Waals surface area contributed by atoms with Gasteiger partial charge in [0.05, 0.1) is 17.7 Å². The van der Waals surface area contributed by atoms with Gasteiger partial charge >= 0.3 is 0 Å². The number of anilines is 1. The molecule has 0 spiro atoms. The molecule has 2 aromatic carbocycles. The van der Waals surface area contributed by atoms with Crippen molar-refractivity contribution in [2.45, 2.75) is 30.7 Å². The van der Waals surface area contributed by atoms with E-state index in [1.54, 1.807) is 6.07 Å². The van der Waals surface area contributed by atoms with Gasteiger partial charge in [0.25, 0.3) is 0 Å². The third kappa shape index (κ3) is 7.54. The van der Waals surface area contributed by atoms with E-state index in [2.05, 4.69) is 30.3 Å². The van der Waals surface area contributed by atoms with E-state index >= 15 is 0 Å². The molecule has 1 aromatic heterocycles. The van der Waals surface area contributed by atoms with Gasteiger partial charge < -0.3 is 10.0 Å². The Kier molecular flexibility index (Phi) is 10.1. The molecule has 3 rings (SSSR count). The molecule has 5 nitrogen and oxygen atoms in total. The fourth-order valence-electron chi connectivity index (χ4n) is 2.55. The summed E-state index contributed by atoms with van der Waals surface area (Å²) in [6.45, 7) is 4.53. The lowest BCUT2D eigenvalue weighted by molar-refractivity contribution is 0.112. The van der Waals surface area contributed by atoms with Crippen molar-refractivity contribution >= 4 is 60.8 Å². The molecule has 1 heterocycles. The summed E-state index contributed by atoms with van der Waals surface area (Å²) in [5, 5.41) is 13.8. The molecule has 1 atom stereocenters. The third-order valence-corrected chi connectivity index (χ3v) is 6.73. The molecular weight excluding hydrogens is 486 g/mol. The van der Waals surface area contributed by atoms with Crippen molar-refractivity contribution in [1.82, 2.24) is 10.3 Å². The van der Waals surface area contributed by atoms with Crippen molar-refractivity contribution in [1.29, 1.82) is 5.26 Å². The number of nitrogens with one attached hydrogen (secondary N) is 2. The van der Waals surface area contributed by atoms with Crippen LogP contribution >= 0.6 is 44.1 Å². The Morgan fingerprint density at radius 1 is 1.34 bits per heavy atom. The highest BCUT2D eigenvalue weighted by Gasteiger charge is 2.22. The quantitative estimate of drug-likeness (QED) is 0.246. The number of rotatable bonds is 7. The van der Waals surface area contributed by atoms with Crippen molar-refractivity contribution in [2.75, 3.05) is 11.8 Å². The summed E-state index contributed by atoms with van der Waals surface area (Å²) in [5.74, 6) is 0. The summed E-state index contributed by atoms with van der Waals surface area (Å²) in [6, 6.07) is 13.5. The Hall–Kier alpha value is -2.01. The second-order valence-corrected chi connectivity index (χ2v) is 10.1. The fraction of sp³-hybridized carbons (Fsp3) is 0.227. The van der Waals surface area contributed by atoms with Crippen LogP contribution in [0.25, 0.3) is 0 Å². The predicted molar refractivity (Wildman–Crippen MR) is 136 cm³/mol. The van der Waals surface area contributed by atoms with Gasteiger partial charge in [0.2, 0.25) is 0 Å². The lowest BCUT2D eigenvalue weighted by Crippen LogP contribution is -2.15. The number of nitriles is 1. The summed E-state index contributed by atoms with van der Waals surface area (Å²) in [6.07, 6.45) is 1.98. The molecule has 168 valence electrons. The number of carbonyl (C=O) groups is 1. The second kappa shape index (κ2) is 12.3.